The highest BCUT2D eigenvalue weighted by molar-refractivity contribution is 7.00. The highest BCUT2D eigenvalue weighted by Gasteiger charge is 2.45. The van der Waals surface area contributed by atoms with E-state index in [4.69, 9.17) is 0 Å². The van der Waals surface area contributed by atoms with Crippen LogP contribution in [-0.4, -0.2) is 6.71 Å². The van der Waals surface area contributed by atoms with Gasteiger partial charge in [-0.15, -0.1) is 0 Å². The molecule has 0 spiro atoms. The minimum absolute atomic E-state index is 0.00656. The van der Waals surface area contributed by atoms with E-state index in [9.17, 15) is 0 Å². The topological polar surface area (TPSA) is 6.48 Å². The van der Waals surface area contributed by atoms with Crippen molar-refractivity contribution in [1.29, 1.82) is 0 Å². The molecular formula is C65H67BN2. The standard InChI is InChI=1S/C65H67BN2/c1-61(2,3)49-32-38-56-54(40-49)66-55-41-50(65(11,12)46-26-20-15-21-27-46)33-39-57(55)68(53-36-30-48(31-37-53)64(9,10)45-24-18-14-19-25-45)59-43-51(62(4,5)6)42-58(60(59)66)67(56)52-34-28-47(29-35-52)63(7,8)44-22-16-13-17-23-44/h13-43H,1-12H3. The maximum absolute atomic E-state index is 2.58. The van der Waals surface area contributed by atoms with Crippen molar-refractivity contribution in [2.24, 2.45) is 0 Å². The van der Waals surface area contributed by atoms with Crippen LogP contribution in [0.1, 0.15) is 128 Å². The summed E-state index contributed by atoms with van der Waals surface area (Å²) in [6, 6.07) is 71.4. The molecule has 0 unspecified atom stereocenters. The van der Waals surface area contributed by atoms with E-state index in [1.165, 1.54) is 83.6 Å². The molecular weight excluding hydrogens is 820 g/mol. The Kier molecular flexibility index (Phi) is 10.8. The maximum Gasteiger partial charge on any atom is 0.252 e. The van der Waals surface area contributed by atoms with Crippen molar-refractivity contribution in [2.75, 3.05) is 9.80 Å². The molecule has 0 N–H and O–H groups in total. The summed E-state index contributed by atoms with van der Waals surface area (Å²) in [5, 5.41) is 0. The molecule has 2 aliphatic rings. The van der Waals surface area contributed by atoms with Gasteiger partial charge < -0.3 is 9.80 Å². The molecule has 0 saturated heterocycles. The first-order chi connectivity index (χ1) is 32.3. The molecule has 68 heavy (non-hydrogen) atoms. The van der Waals surface area contributed by atoms with Crippen molar-refractivity contribution in [1.82, 2.24) is 0 Å². The molecule has 0 aromatic heterocycles. The van der Waals surface area contributed by atoms with Gasteiger partial charge in [-0.3, -0.25) is 0 Å². The number of benzene rings is 8. The van der Waals surface area contributed by atoms with Gasteiger partial charge in [0, 0.05) is 50.4 Å². The third-order valence-electron chi connectivity index (χ3n) is 15.7. The smallest absolute Gasteiger partial charge is 0.252 e. The Balaban J connectivity index is 1.25. The van der Waals surface area contributed by atoms with Crippen LogP contribution in [0.15, 0.2) is 188 Å². The highest BCUT2D eigenvalue weighted by atomic mass is 15.2. The zero-order valence-corrected chi connectivity index (χ0v) is 42.4. The van der Waals surface area contributed by atoms with Crippen LogP contribution in [0.5, 0.6) is 0 Å². The van der Waals surface area contributed by atoms with Crippen molar-refractivity contribution in [3.05, 3.63) is 233 Å². The van der Waals surface area contributed by atoms with E-state index in [0.717, 1.165) is 11.4 Å². The van der Waals surface area contributed by atoms with Gasteiger partial charge in [-0.2, -0.15) is 0 Å². The maximum atomic E-state index is 2.58. The molecule has 2 aliphatic heterocycles. The predicted octanol–water partition coefficient (Wildman–Crippen LogP) is 15.3. The predicted molar refractivity (Wildman–Crippen MR) is 294 cm³/mol. The summed E-state index contributed by atoms with van der Waals surface area (Å²) in [4.78, 5) is 5.17. The number of nitrogens with zero attached hydrogens (tertiary/aromatic N) is 2. The van der Waals surface area contributed by atoms with Gasteiger partial charge in [-0.25, -0.2) is 0 Å². The fourth-order valence-corrected chi connectivity index (χ4v) is 11.0. The van der Waals surface area contributed by atoms with Crippen molar-refractivity contribution in [2.45, 2.75) is 110 Å². The first-order valence-corrected chi connectivity index (χ1v) is 24.7. The molecule has 2 heterocycles. The summed E-state index contributed by atoms with van der Waals surface area (Å²) < 4.78 is 0. The Morgan fingerprint density at radius 3 is 0.956 bits per heavy atom. The van der Waals surface area contributed by atoms with E-state index in [1.807, 2.05) is 0 Å². The number of rotatable bonds is 8. The first-order valence-electron chi connectivity index (χ1n) is 24.7. The van der Waals surface area contributed by atoms with E-state index < -0.39 is 0 Å². The Hall–Kier alpha value is -6.58. The summed E-state index contributed by atoms with van der Waals surface area (Å²) in [5.74, 6) is 0. The molecule has 8 aromatic carbocycles. The summed E-state index contributed by atoms with van der Waals surface area (Å²) in [5.41, 5.74) is 21.1. The van der Waals surface area contributed by atoms with Gasteiger partial charge in [0.25, 0.3) is 6.71 Å². The number of anilines is 6. The van der Waals surface area contributed by atoms with Gasteiger partial charge in [0.05, 0.1) is 0 Å². The van der Waals surface area contributed by atoms with Gasteiger partial charge in [-0.05, 0) is 120 Å². The Morgan fingerprint density at radius 1 is 0.279 bits per heavy atom. The van der Waals surface area contributed by atoms with Crippen molar-refractivity contribution in [3.8, 4) is 0 Å². The largest absolute Gasteiger partial charge is 0.311 e. The molecule has 0 saturated carbocycles. The molecule has 340 valence electrons. The van der Waals surface area contributed by atoms with Crippen LogP contribution in [0.25, 0.3) is 0 Å². The molecule has 0 amide bonds. The third kappa shape index (κ3) is 7.60. The average Bonchev–Trinajstić information content (AvgIpc) is 3.33. The van der Waals surface area contributed by atoms with Crippen molar-refractivity contribution >= 4 is 57.2 Å². The van der Waals surface area contributed by atoms with E-state index >= 15 is 0 Å². The van der Waals surface area contributed by atoms with E-state index in [1.54, 1.807) is 0 Å². The lowest BCUT2D eigenvalue weighted by atomic mass is 9.33. The first kappa shape index (κ1) is 45.2. The minimum atomic E-state index is -0.225. The van der Waals surface area contributed by atoms with E-state index in [0.29, 0.717) is 0 Å². The lowest BCUT2D eigenvalue weighted by molar-refractivity contribution is 0.590. The second-order valence-corrected chi connectivity index (χ2v) is 23.1. The van der Waals surface area contributed by atoms with Gasteiger partial charge >= 0.3 is 0 Å². The third-order valence-corrected chi connectivity index (χ3v) is 15.7. The highest BCUT2D eigenvalue weighted by Crippen LogP contribution is 2.48. The van der Waals surface area contributed by atoms with Crippen LogP contribution in [-0.2, 0) is 27.1 Å². The van der Waals surface area contributed by atoms with Crippen LogP contribution in [0.2, 0.25) is 0 Å². The lowest BCUT2D eigenvalue weighted by Gasteiger charge is -2.46. The van der Waals surface area contributed by atoms with Crippen LogP contribution >= 0.6 is 0 Å². The fourth-order valence-electron chi connectivity index (χ4n) is 11.0. The molecule has 3 heteroatoms. The number of hydrogen-bond acceptors (Lipinski definition) is 2. The summed E-state index contributed by atoms with van der Waals surface area (Å²) in [7, 11) is 0. The second kappa shape index (κ2) is 16.3. The molecule has 10 rings (SSSR count). The molecule has 0 bridgehead atoms. The van der Waals surface area contributed by atoms with Gasteiger partial charge in [0.2, 0.25) is 0 Å². The molecule has 0 atom stereocenters. The quantitative estimate of drug-likeness (QED) is 0.140. The molecule has 0 aliphatic carbocycles. The monoisotopic (exact) mass is 887 g/mol. The Morgan fingerprint density at radius 2 is 0.588 bits per heavy atom. The van der Waals surface area contributed by atoms with Gasteiger partial charge in [-0.1, -0.05) is 223 Å². The van der Waals surface area contributed by atoms with Gasteiger partial charge in [0.1, 0.15) is 0 Å². The van der Waals surface area contributed by atoms with Crippen molar-refractivity contribution < 1.29 is 0 Å². The Labute approximate surface area is 407 Å². The SMILES string of the molecule is CC(C)(C)c1ccc2c(c1)B1c3cc(C(C)(C)c4ccccc4)ccc3N(c3ccc(C(C)(C)c4ccccc4)cc3)c3cc(C(C)(C)C)cc(c31)N2c1ccc(C(C)(C)c2ccccc2)cc1. The van der Waals surface area contributed by atoms with Crippen LogP contribution < -0.4 is 26.2 Å². The Bertz CT molecular complexity index is 3110. The van der Waals surface area contributed by atoms with Crippen molar-refractivity contribution in [3.63, 3.8) is 0 Å². The fraction of sp³-hybridized carbons (Fsp3) is 0.262. The number of hydrogen-bond donors (Lipinski definition) is 0. The van der Waals surface area contributed by atoms with E-state index in [-0.39, 0.29) is 33.8 Å². The average molecular weight is 887 g/mol. The van der Waals surface area contributed by atoms with Crippen LogP contribution in [0, 0.1) is 0 Å². The number of fused-ring (bicyclic) bond motifs is 4. The van der Waals surface area contributed by atoms with Crippen LogP contribution in [0.3, 0.4) is 0 Å². The second-order valence-electron chi connectivity index (χ2n) is 23.1. The summed E-state index contributed by atoms with van der Waals surface area (Å²) in [6.45, 7) is 28.2. The van der Waals surface area contributed by atoms with E-state index in [2.05, 4.69) is 281 Å². The normalized spacial score (nSPS) is 13.8. The molecule has 2 nitrogen and oxygen atoms in total. The minimum Gasteiger partial charge on any atom is -0.311 e. The summed E-state index contributed by atoms with van der Waals surface area (Å²) in [6.07, 6.45) is 0. The van der Waals surface area contributed by atoms with Gasteiger partial charge in [0.15, 0.2) is 0 Å². The zero-order valence-electron chi connectivity index (χ0n) is 42.4. The lowest BCUT2D eigenvalue weighted by Crippen LogP contribution is -2.61. The molecule has 0 fully saturated rings. The molecule has 0 radical (unpaired) electrons. The molecule has 8 aromatic rings. The van der Waals surface area contributed by atoms with Crippen LogP contribution in [0.4, 0.5) is 34.1 Å². The summed E-state index contributed by atoms with van der Waals surface area (Å²) >= 11 is 0. The zero-order chi connectivity index (χ0) is 48.0.